The number of urea groups is 2. The zero-order valence-electron chi connectivity index (χ0n) is 87.2. The van der Waals surface area contributed by atoms with Crippen molar-refractivity contribution >= 4 is 124 Å². The summed E-state index contributed by atoms with van der Waals surface area (Å²) in [6, 6.07) is 19.3. The van der Waals surface area contributed by atoms with Crippen LogP contribution in [0, 0.1) is 57.5 Å². The summed E-state index contributed by atoms with van der Waals surface area (Å²) in [6.07, 6.45) is 6.92. The summed E-state index contributed by atoms with van der Waals surface area (Å²) in [5.74, 6) is -8.79. The fourth-order valence-electron chi connectivity index (χ4n) is 17.7. The molecule has 0 saturated carbocycles. The van der Waals surface area contributed by atoms with E-state index in [-0.39, 0.29) is 179 Å². The number of Topliss-reactive ketones (excluding diaryl/α,β-unsaturated/α-hetero) is 2. The molecule has 0 aromatic heterocycles. The summed E-state index contributed by atoms with van der Waals surface area (Å²) >= 11 is 0. The zero-order chi connectivity index (χ0) is 109. The minimum atomic E-state index is -1.11. The number of likely N-dealkylation sites (tertiary alicyclic amines) is 1. The number of ether oxygens (including phenoxy) is 5. The number of aliphatic hydroxyl groups excluding tert-OH is 1. The van der Waals surface area contributed by atoms with Crippen LogP contribution in [0.5, 0.6) is 5.75 Å². The van der Waals surface area contributed by atoms with Crippen LogP contribution in [0.15, 0.2) is 127 Å². The molecule has 17 amide bonds. The van der Waals surface area contributed by atoms with E-state index in [1.165, 1.54) is 67.6 Å². The molecule has 3 aliphatic rings. The number of non-ortho nitro benzene ring substituents is 1. The van der Waals surface area contributed by atoms with Gasteiger partial charge in [0.05, 0.1) is 47.8 Å². The molecule has 4 aromatic carbocycles. The van der Waals surface area contributed by atoms with Crippen LogP contribution >= 0.6 is 0 Å². The van der Waals surface area contributed by atoms with Crippen molar-refractivity contribution in [2.45, 2.75) is 272 Å². The standard InChI is InChI=1S/C69H106N10O15.C36H44N6O11/c1-15-44(8)61(53(92-13)39-57(84)78-37-23-27-51(78)63(93-14)46(10)52(80)38-45(9)62(85)48-24-18-16-19-25-48)76(11)67(89)59(42(4)5)75-66(88)60(43(6)7)77(12)69(91)94-40-47-29-31-49(32-30-47)72-64(86)50(26-22-35-71-68(70)90)73-65(87)58(41(2)3)74-54(81)28-20-17-21-36-79-55(82)33-34-56(79)83;1-23(2)33(40-30(44)8-4-3-5-20-41-31(45)17-18-32(41)46)29(43)21-25(7-6-19-38-35(37)48)34(47)39-26-11-9-24(10-12-26)22-52-36(49)53-28-15-13-27(14-16-28)42(50)51/h16,18-19,24-25,29-34,41-46,50-51,53,58-63,85H,15,17,20-23,26-28,35-40H2,1-14H3,(H,72,86)(H,73,87)(H,74,81)(H,75,88)(H3,70,71,90);9-18,23,25,33H,3-8,19-22H2,1-2H3,(H,39,47)(H,40,44)(H3,37,38,48)/t44-,45-,46-,50-,51-,53+,58-,59-,60-,61-,62+,63+;25-,33+/m01/s1. The molecule has 0 radical (unpaired) electrons. The van der Waals surface area contributed by atoms with Gasteiger partial charge in [-0.3, -0.25) is 91.9 Å². The number of carbonyl (C=O) groups is 18. The minimum absolute atomic E-state index is 0.0667. The van der Waals surface area contributed by atoms with Crippen LogP contribution in [0.2, 0.25) is 0 Å². The van der Waals surface area contributed by atoms with E-state index in [0.29, 0.717) is 93.3 Å². The lowest BCUT2D eigenvalue weighted by Gasteiger charge is -2.41. The van der Waals surface area contributed by atoms with Gasteiger partial charge in [-0.1, -0.05) is 157 Å². The van der Waals surface area contributed by atoms with E-state index in [1.54, 1.807) is 128 Å². The van der Waals surface area contributed by atoms with Crippen molar-refractivity contribution in [3.63, 3.8) is 0 Å². The highest BCUT2D eigenvalue weighted by Gasteiger charge is 2.45. The van der Waals surface area contributed by atoms with Crippen LogP contribution in [0.3, 0.4) is 0 Å². The zero-order valence-corrected chi connectivity index (χ0v) is 87.2. The van der Waals surface area contributed by atoms with Crippen molar-refractivity contribution in [3.05, 3.63) is 154 Å². The van der Waals surface area contributed by atoms with Gasteiger partial charge in [-0.2, -0.15) is 0 Å². The lowest BCUT2D eigenvalue weighted by molar-refractivity contribution is -0.384. The predicted octanol–water partition coefficient (Wildman–Crippen LogP) is 10.1. The Labute approximate surface area is 859 Å². The number of anilines is 2. The fourth-order valence-corrected chi connectivity index (χ4v) is 17.7. The summed E-state index contributed by atoms with van der Waals surface area (Å²) in [6.45, 7) is 22.7. The number of rotatable bonds is 60. The molecule has 1 saturated heterocycles. The number of methoxy groups -OCH3 is 2. The number of hydrogen-bond acceptors (Lipinski definition) is 26. The molecule has 0 unspecified atom stereocenters. The van der Waals surface area contributed by atoms with Gasteiger partial charge in [0.15, 0.2) is 5.78 Å². The van der Waals surface area contributed by atoms with E-state index in [4.69, 9.17) is 35.2 Å². The Kier molecular flexibility index (Phi) is 51.0. The Morgan fingerprint density at radius 1 is 0.524 bits per heavy atom. The van der Waals surface area contributed by atoms with Gasteiger partial charge in [0.2, 0.25) is 47.3 Å². The molecule has 7 rings (SSSR count). The predicted molar refractivity (Wildman–Crippen MR) is 545 cm³/mol. The number of nitrogens with two attached hydrogens (primary N) is 2. The third-order valence-corrected chi connectivity index (χ3v) is 26.2. The third-order valence-electron chi connectivity index (χ3n) is 26.2. The highest BCUT2D eigenvalue weighted by molar-refractivity contribution is 6.13. The molecule has 42 heteroatoms. The molecule has 42 nitrogen and oxygen atoms in total. The molecule has 0 aliphatic carbocycles. The Bertz CT molecular complexity index is 5140. The van der Waals surface area contributed by atoms with Crippen molar-refractivity contribution in [1.29, 1.82) is 0 Å². The van der Waals surface area contributed by atoms with Crippen LogP contribution in [0.25, 0.3) is 0 Å². The van der Waals surface area contributed by atoms with Gasteiger partial charge in [-0.05, 0) is 153 Å². The number of nitro benzene ring substituents is 1. The van der Waals surface area contributed by atoms with Gasteiger partial charge < -0.3 is 92.6 Å². The molecule has 4 aromatic rings. The Balaban J connectivity index is 0.000000524. The molecule has 13 N–H and O–H groups in total. The van der Waals surface area contributed by atoms with Gasteiger partial charge in [0, 0.05) is 146 Å². The monoisotopic (exact) mass is 2050 g/mol. The second-order valence-electron chi connectivity index (χ2n) is 38.8. The normalized spacial score (nSPS) is 16.0. The second kappa shape index (κ2) is 61.5. The number of aliphatic hydroxyl groups is 1. The molecule has 806 valence electrons. The highest BCUT2D eigenvalue weighted by atomic mass is 16.7. The first-order chi connectivity index (χ1) is 69.7. The SMILES string of the molecule is CC(C)[C@H](NC(=O)CCCCCN1C(=O)C=CC1=O)C(=O)C[C@@H](CCCNC(N)=O)C(=O)Nc1ccc(COC(=O)Oc2ccc([N+](=O)[O-])cc2)cc1.CC[C@H](C)[C@@H]([C@@H](CC(=O)N1CCC[C@H]1[C@H](OC)[C@@H](C)C(=O)C[C@H](C)[C@@H](O)c1ccccc1)OC)N(C)C(=O)[C@@H](NC(=O)[C@H](C(C)C)N(C)C(=O)OCc1ccc(NC(=O)[C@H](CCCNC(N)=O)NC(=O)[C@@H](NC(=O)CCCCCN2C(=O)C=CC2=O)C(C)C)cc1)C(C)C. The maximum atomic E-state index is 14.8. The summed E-state index contributed by atoms with van der Waals surface area (Å²) in [5, 5.41) is 43.6. The number of imide groups is 2. The van der Waals surface area contributed by atoms with Crippen LogP contribution in [-0.2, 0) is 99.3 Å². The van der Waals surface area contributed by atoms with Gasteiger partial charge in [0.1, 0.15) is 48.9 Å². The number of nitro groups is 1. The number of amides is 17. The molecular weight excluding hydrogens is 1900 g/mol. The minimum Gasteiger partial charge on any atom is -0.445 e. The number of nitrogens with zero attached hydrogens (tertiary/aromatic N) is 6. The molecule has 14 atom stereocenters. The number of carbonyl (C=O) groups excluding carboxylic acids is 18. The molecule has 147 heavy (non-hydrogen) atoms. The number of hydrogen-bond donors (Lipinski definition) is 11. The molecular formula is C105H150N16O26. The quantitative estimate of drug-likeness (QED) is 0.00489. The third kappa shape index (κ3) is 39.4. The van der Waals surface area contributed by atoms with Crippen LogP contribution in [0.4, 0.5) is 36.2 Å². The number of ketones is 2. The molecule has 1 fully saturated rings. The largest absolute Gasteiger partial charge is 0.514 e. The second-order valence-corrected chi connectivity index (χ2v) is 38.8. The summed E-state index contributed by atoms with van der Waals surface area (Å²) in [5.41, 5.74) is 12.8. The first-order valence-corrected chi connectivity index (χ1v) is 50.2. The number of nitrogens with one attached hydrogen (secondary N) is 8. The van der Waals surface area contributed by atoms with Crippen LogP contribution in [0.1, 0.15) is 221 Å². The van der Waals surface area contributed by atoms with E-state index in [1.807, 2.05) is 58.0 Å². The first-order valence-electron chi connectivity index (χ1n) is 50.2. The number of primary amides is 2. The van der Waals surface area contributed by atoms with Crippen molar-refractivity contribution < 1.29 is 120 Å². The smallest absolute Gasteiger partial charge is 0.445 e. The fraction of sp³-hybridized carbons (Fsp3) is 0.562. The number of likely N-dealkylation sites (N-methyl/N-ethyl adjacent to an activating group) is 2. The van der Waals surface area contributed by atoms with E-state index >= 15 is 0 Å². The molecule has 3 heterocycles. The van der Waals surface area contributed by atoms with Crippen LogP contribution in [-0.4, -0.2) is 257 Å². The van der Waals surface area contributed by atoms with Crippen molar-refractivity contribution in [2.75, 3.05) is 71.7 Å². The van der Waals surface area contributed by atoms with E-state index in [0.717, 1.165) is 15.4 Å². The van der Waals surface area contributed by atoms with Crippen molar-refractivity contribution in [1.82, 2.24) is 56.4 Å². The van der Waals surface area contributed by atoms with Gasteiger partial charge in [0.25, 0.3) is 29.3 Å². The average Bonchev–Trinajstić information content (AvgIpc) is 1.79. The van der Waals surface area contributed by atoms with Crippen molar-refractivity contribution in [2.24, 2.45) is 58.8 Å². The van der Waals surface area contributed by atoms with E-state index in [9.17, 15) is 102 Å². The lowest BCUT2D eigenvalue weighted by Crippen LogP contribution is -2.60. The number of benzene rings is 4. The maximum absolute atomic E-state index is 14.8. The Hall–Kier alpha value is -13.9. The van der Waals surface area contributed by atoms with E-state index in [2.05, 4.69) is 42.5 Å². The highest BCUT2D eigenvalue weighted by Crippen LogP contribution is 2.34. The molecule has 0 bridgehead atoms. The Morgan fingerprint density at radius 3 is 1.51 bits per heavy atom. The summed E-state index contributed by atoms with van der Waals surface area (Å²) < 4.78 is 27.9. The van der Waals surface area contributed by atoms with Crippen molar-refractivity contribution in [3.8, 4) is 5.75 Å². The first kappa shape index (κ1) is 122. The molecule has 0 spiro atoms. The molecule has 3 aliphatic heterocycles. The van der Waals surface area contributed by atoms with Gasteiger partial charge in [-0.25, -0.2) is 19.2 Å². The van der Waals surface area contributed by atoms with Crippen LogP contribution < -0.4 is 58.7 Å². The average molecular weight is 2050 g/mol. The topological polar surface area (TPSA) is 581 Å². The van der Waals surface area contributed by atoms with Gasteiger partial charge in [-0.15, -0.1) is 0 Å². The summed E-state index contributed by atoms with van der Waals surface area (Å²) in [7, 11) is 6.12. The maximum Gasteiger partial charge on any atom is 0.514 e. The van der Waals surface area contributed by atoms with Gasteiger partial charge >= 0.3 is 24.3 Å². The summed E-state index contributed by atoms with van der Waals surface area (Å²) in [4.78, 5) is 250. The number of unbranched alkanes of at least 4 members (excludes halogenated alkanes) is 4. The Morgan fingerprint density at radius 2 is 1.03 bits per heavy atom. The van der Waals surface area contributed by atoms with E-state index < -0.39 is 143 Å². The lowest BCUT2D eigenvalue weighted by atomic mass is 9.85.